The number of halogens is 1. The normalized spacial score (nSPS) is 10.7. The molecule has 0 unspecified atom stereocenters. The molecule has 2 aromatic heterocycles. The Hall–Kier alpha value is -4.14. The van der Waals surface area contributed by atoms with E-state index < -0.39 is 5.82 Å². The summed E-state index contributed by atoms with van der Waals surface area (Å²) in [6, 6.07) is 14.5. The molecule has 4 rings (SSSR count). The first-order chi connectivity index (χ1) is 15.1. The summed E-state index contributed by atoms with van der Waals surface area (Å²) in [5.41, 5.74) is 1.65. The first-order valence-electron chi connectivity index (χ1n) is 9.34. The van der Waals surface area contributed by atoms with Gasteiger partial charge < -0.3 is 23.9 Å². The van der Waals surface area contributed by atoms with Gasteiger partial charge in [-0.2, -0.15) is 4.98 Å². The molecule has 0 bridgehead atoms. The number of aromatic nitrogens is 3. The molecule has 0 radical (unpaired) electrons. The number of methoxy groups -OCH3 is 2. The number of rotatable bonds is 7. The first-order valence-corrected chi connectivity index (χ1v) is 9.34. The molecule has 8 nitrogen and oxygen atoms in total. The SMILES string of the molecule is COc1ccc(-c2noc(-c3cccn3CC(=O)Nc3cccc(F)c3)n2)cc1OC. The van der Waals surface area contributed by atoms with Gasteiger partial charge in [0.1, 0.15) is 18.1 Å². The maximum absolute atomic E-state index is 13.3. The van der Waals surface area contributed by atoms with Gasteiger partial charge in [-0.15, -0.1) is 0 Å². The fourth-order valence-corrected chi connectivity index (χ4v) is 3.09. The molecule has 1 N–H and O–H groups in total. The summed E-state index contributed by atoms with van der Waals surface area (Å²) in [4.78, 5) is 16.8. The average molecular weight is 422 g/mol. The van der Waals surface area contributed by atoms with E-state index in [0.29, 0.717) is 34.3 Å². The van der Waals surface area contributed by atoms with E-state index in [4.69, 9.17) is 14.0 Å². The van der Waals surface area contributed by atoms with Crippen LogP contribution in [0.1, 0.15) is 0 Å². The highest BCUT2D eigenvalue weighted by atomic mass is 19.1. The number of hydrogen-bond acceptors (Lipinski definition) is 6. The largest absolute Gasteiger partial charge is 0.493 e. The molecule has 31 heavy (non-hydrogen) atoms. The molecule has 0 saturated heterocycles. The van der Waals surface area contributed by atoms with Crippen LogP contribution in [-0.2, 0) is 11.3 Å². The van der Waals surface area contributed by atoms with Crippen molar-refractivity contribution in [2.24, 2.45) is 0 Å². The van der Waals surface area contributed by atoms with Crippen molar-refractivity contribution in [2.75, 3.05) is 19.5 Å². The zero-order chi connectivity index (χ0) is 21.8. The number of amides is 1. The van der Waals surface area contributed by atoms with Crippen LogP contribution in [-0.4, -0.2) is 34.8 Å². The lowest BCUT2D eigenvalue weighted by Crippen LogP contribution is -2.18. The highest BCUT2D eigenvalue weighted by molar-refractivity contribution is 5.90. The lowest BCUT2D eigenvalue weighted by atomic mass is 10.2. The van der Waals surface area contributed by atoms with E-state index in [2.05, 4.69) is 15.5 Å². The van der Waals surface area contributed by atoms with E-state index in [-0.39, 0.29) is 18.3 Å². The minimum absolute atomic E-state index is 0.00703. The van der Waals surface area contributed by atoms with Crippen molar-refractivity contribution < 1.29 is 23.2 Å². The monoisotopic (exact) mass is 422 g/mol. The first kappa shape index (κ1) is 20.1. The maximum atomic E-state index is 13.3. The van der Waals surface area contributed by atoms with Crippen LogP contribution in [0.15, 0.2) is 65.3 Å². The van der Waals surface area contributed by atoms with Gasteiger partial charge >= 0.3 is 0 Å². The number of anilines is 1. The van der Waals surface area contributed by atoms with Gasteiger partial charge in [0.15, 0.2) is 11.5 Å². The molecule has 158 valence electrons. The number of hydrogen-bond donors (Lipinski definition) is 1. The molecule has 0 aliphatic heterocycles. The molecular formula is C22H19FN4O4. The summed E-state index contributed by atoms with van der Waals surface area (Å²) < 4.78 is 31.0. The third-order valence-electron chi connectivity index (χ3n) is 4.54. The van der Waals surface area contributed by atoms with Crippen molar-refractivity contribution in [1.82, 2.24) is 14.7 Å². The molecule has 4 aromatic rings. The Morgan fingerprint density at radius 2 is 1.94 bits per heavy atom. The van der Waals surface area contributed by atoms with E-state index in [9.17, 15) is 9.18 Å². The topological polar surface area (TPSA) is 91.4 Å². The molecule has 9 heteroatoms. The molecule has 1 amide bonds. The predicted octanol–water partition coefficient (Wildman–Crippen LogP) is 4.00. The molecule has 0 saturated carbocycles. The van der Waals surface area contributed by atoms with Gasteiger partial charge in [-0.05, 0) is 48.5 Å². The summed E-state index contributed by atoms with van der Waals surface area (Å²) in [6.07, 6.45) is 1.72. The summed E-state index contributed by atoms with van der Waals surface area (Å²) in [5.74, 6) is 1.02. The third-order valence-corrected chi connectivity index (χ3v) is 4.54. The molecule has 0 aliphatic carbocycles. The average Bonchev–Trinajstić information content (AvgIpc) is 3.42. The second kappa shape index (κ2) is 8.70. The highest BCUT2D eigenvalue weighted by Crippen LogP contribution is 2.32. The smallest absolute Gasteiger partial charge is 0.274 e. The Labute approximate surface area is 177 Å². The summed E-state index contributed by atoms with van der Waals surface area (Å²) in [7, 11) is 3.10. The second-order valence-corrected chi connectivity index (χ2v) is 6.57. The Morgan fingerprint density at radius 3 is 2.71 bits per heavy atom. The molecular weight excluding hydrogens is 403 g/mol. The van der Waals surface area contributed by atoms with Crippen molar-refractivity contribution in [3.63, 3.8) is 0 Å². The number of nitrogens with zero attached hydrogens (tertiary/aromatic N) is 3. The van der Waals surface area contributed by atoms with Crippen molar-refractivity contribution in [3.05, 3.63) is 66.6 Å². The summed E-state index contributed by atoms with van der Waals surface area (Å²) in [6.45, 7) is -0.00703. The van der Waals surface area contributed by atoms with Crippen LogP contribution >= 0.6 is 0 Å². The van der Waals surface area contributed by atoms with Gasteiger partial charge in [0.05, 0.1) is 14.2 Å². The highest BCUT2D eigenvalue weighted by Gasteiger charge is 2.17. The lowest BCUT2D eigenvalue weighted by molar-refractivity contribution is -0.116. The van der Waals surface area contributed by atoms with Crippen molar-refractivity contribution in [1.29, 1.82) is 0 Å². The number of carbonyl (C=O) groups excluding carboxylic acids is 1. The van der Waals surface area contributed by atoms with Crippen molar-refractivity contribution in [3.8, 4) is 34.5 Å². The standard InChI is InChI=1S/C22H19FN4O4/c1-29-18-9-8-14(11-19(18)30-2)21-25-22(31-26-21)17-7-4-10-27(17)13-20(28)24-16-6-3-5-15(23)12-16/h3-12H,13H2,1-2H3,(H,24,28). The number of ether oxygens (including phenoxy) is 2. The minimum Gasteiger partial charge on any atom is -0.493 e. The van der Waals surface area contributed by atoms with Gasteiger partial charge in [-0.25, -0.2) is 4.39 Å². The van der Waals surface area contributed by atoms with E-state index in [0.717, 1.165) is 0 Å². The number of carbonyl (C=O) groups is 1. The van der Waals surface area contributed by atoms with Crippen LogP contribution < -0.4 is 14.8 Å². The molecule has 0 aliphatic rings. The predicted molar refractivity (Wildman–Crippen MR) is 111 cm³/mol. The van der Waals surface area contributed by atoms with Crippen LogP contribution in [0.5, 0.6) is 11.5 Å². The number of nitrogens with one attached hydrogen (secondary N) is 1. The molecule has 0 fully saturated rings. The molecule has 2 heterocycles. The van der Waals surface area contributed by atoms with Crippen LogP contribution in [0.3, 0.4) is 0 Å². The van der Waals surface area contributed by atoms with Crippen LogP contribution in [0.4, 0.5) is 10.1 Å². The van der Waals surface area contributed by atoms with Crippen LogP contribution in [0.2, 0.25) is 0 Å². The van der Waals surface area contributed by atoms with Crippen LogP contribution in [0.25, 0.3) is 23.0 Å². The minimum atomic E-state index is -0.423. The van der Waals surface area contributed by atoms with E-state index in [1.165, 1.54) is 18.2 Å². The lowest BCUT2D eigenvalue weighted by Gasteiger charge is -2.08. The van der Waals surface area contributed by atoms with E-state index in [1.54, 1.807) is 61.4 Å². The van der Waals surface area contributed by atoms with E-state index >= 15 is 0 Å². The van der Waals surface area contributed by atoms with Crippen molar-refractivity contribution in [2.45, 2.75) is 6.54 Å². The van der Waals surface area contributed by atoms with Gasteiger partial charge in [0, 0.05) is 17.4 Å². The quantitative estimate of drug-likeness (QED) is 0.484. The molecule has 2 aromatic carbocycles. The zero-order valence-electron chi connectivity index (χ0n) is 16.8. The second-order valence-electron chi connectivity index (χ2n) is 6.57. The Morgan fingerprint density at radius 1 is 1.10 bits per heavy atom. The van der Waals surface area contributed by atoms with Gasteiger partial charge in [-0.3, -0.25) is 4.79 Å². The Bertz CT molecular complexity index is 1220. The van der Waals surface area contributed by atoms with Crippen molar-refractivity contribution >= 4 is 11.6 Å². The van der Waals surface area contributed by atoms with E-state index in [1.807, 2.05) is 0 Å². The maximum Gasteiger partial charge on any atom is 0.274 e. The third kappa shape index (κ3) is 4.40. The zero-order valence-corrected chi connectivity index (χ0v) is 16.8. The van der Waals surface area contributed by atoms with Gasteiger partial charge in [0.2, 0.25) is 11.7 Å². The fraction of sp³-hybridized carbons (Fsp3) is 0.136. The molecule has 0 spiro atoms. The van der Waals surface area contributed by atoms with Gasteiger partial charge in [-0.1, -0.05) is 11.2 Å². The Balaban J connectivity index is 1.53. The number of benzene rings is 2. The van der Waals surface area contributed by atoms with Gasteiger partial charge in [0.25, 0.3) is 5.89 Å². The van der Waals surface area contributed by atoms with Crippen LogP contribution in [0, 0.1) is 5.82 Å². The fourth-order valence-electron chi connectivity index (χ4n) is 3.09. The molecule has 0 atom stereocenters. The summed E-state index contributed by atoms with van der Waals surface area (Å²) >= 11 is 0. The Kier molecular flexibility index (Phi) is 5.65. The summed E-state index contributed by atoms with van der Waals surface area (Å²) in [5, 5.41) is 6.70.